The number of nitrogen functional groups attached to an aromatic ring is 2. The molecule has 60 heavy (non-hydrogen) atoms. The van der Waals surface area contributed by atoms with E-state index in [1.165, 1.54) is 21.8 Å². The molecule has 4 N–H and O–H groups in total. The number of nitrogens with zero attached hydrogens (tertiary/aromatic N) is 8. The van der Waals surface area contributed by atoms with Crippen molar-refractivity contribution in [3.8, 4) is 0 Å². The Morgan fingerprint density at radius 2 is 1.25 bits per heavy atom. The zero-order chi connectivity index (χ0) is 43.4. The Hall–Kier alpha value is -4.32. The van der Waals surface area contributed by atoms with Crippen molar-refractivity contribution in [2.45, 2.75) is 90.9 Å². The summed E-state index contributed by atoms with van der Waals surface area (Å²) in [6, 6.07) is -1.16. The van der Waals surface area contributed by atoms with E-state index < -0.39 is 114 Å². The second kappa shape index (κ2) is 16.5. The maximum Gasteiger partial charge on any atom is 0.478 e. The maximum atomic E-state index is 16.9. The van der Waals surface area contributed by atoms with Crippen molar-refractivity contribution in [3.63, 3.8) is 0 Å². The number of phosphoric ester groups is 2. The highest BCUT2D eigenvalue weighted by Crippen LogP contribution is 2.59. The summed E-state index contributed by atoms with van der Waals surface area (Å²) in [5.74, 6) is -2.65. The van der Waals surface area contributed by atoms with Crippen molar-refractivity contribution < 1.29 is 68.9 Å². The van der Waals surface area contributed by atoms with Gasteiger partial charge >= 0.3 is 27.6 Å². The Kier molecular flexibility index (Phi) is 12.0. The summed E-state index contributed by atoms with van der Waals surface area (Å²) in [6.45, 7) is 5.86. The van der Waals surface area contributed by atoms with Gasteiger partial charge in [-0.2, -0.15) is 0 Å². The van der Waals surface area contributed by atoms with E-state index >= 15 is 8.78 Å². The number of phosphoric acid groups is 2. The van der Waals surface area contributed by atoms with E-state index in [4.69, 9.17) is 52.8 Å². The quantitative estimate of drug-likeness (QED) is 0.143. The Balaban J connectivity index is 1.24. The van der Waals surface area contributed by atoms with Crippen LogP contribution in [0.3, 0.4) is 0 Å². The molecule has 1 aliphatic carbocycles. The number of hydrogen-bond acceptors (Lipinski definition) is 21. The van der Waals surface area contributed by atoms with E-state index in [1.807, 2.05) is 0 Å². The van der Waals surface area contributed by atoms with Gasteiger partial charge in [-0.3, -0.25) is 32.3 Å². The Morgan fingerprint density at radius 3 is 1.80 bits per heavy atom. The number of rotatable bonds is 8. The highest BCUT2D eigenvalue weighted by Gasteiger charge is 2.55. The zero-order valence-electron chi connectivity index (χ0n) is 33.2. The predicted octanol–water partition coefficient (Wildman–Crippen LogP) is 4.13. The number of ether oxygens (including phenoxy) is 3. The van der Waals surface area contributed by atoms with Crippen LogP contribution in [0.25, 0.3) is 22.3 Å². The minimum absolute atomic E-state index is 0.0192. The number of hydrogen-bond donors (Lipinski definition) is 2. The van der Waals surface area contributed by atoms with Crippen LogP contribution in [0.5, 0.6) is 0 Å². The number of nitrogens with two attached hydrogens (primary N) is 2. The highest BCUT2D eigenvalue weighted by molar-refractivity contribution is 7.48. The lowest BCUT2D eigenvalue weighted by atomic mass is 9.98. The SMILES string of the molecule is CC(C)(C)C(=O)OCOP1(=O)OC[C@H]2C[C@@H](n3cnc4c(N)ncnc43)C(F)[C@H]2OP(=O)(OCOC(=O)C(C)(C)C)OC[C@H]2O[C@@H](n3cnc4c(N)ncnc43)[C@@H](F)C2O1. The molecule has 0 bridgehead atoms. The average Bonchev–Trinajstić information content (AvgIpc) is 3.94. The van der Waals surface area contributed by atoms with Crippen molar-refractivity contribution in [2.24, 2.45) is 16.7 Å². The summed E-state index contributed by atoms with van der Waals surface area (Å²) in [5.41, 5.74) is 10.4. The number of fused-ring (bicyclic) bond motifs is 4. The fourth-order valence-corrected chi connectivity index (χ4v) is 9.14. The van der Waals surface area contributed by atoms with E-state index in [2.05, 4.69) is 29.9 Å². The van der Waals surface area contributed by atoms with Crippen molar-refractivity contribution in [2.75, 3.05) is 38.3 Å². The summed E-state index contributed by atoms with van der Waals surface area (Å²) in [6.07, 6.45) is -6.66. The molecule has 3 aliphatic rings. The zero-order valence-corrected chi connectivity index (χ0v) is 34.9. The van der Waals surface area contributed by atoms with Crippen LogP contribution < -0.4 is 11.5 Å². The number of esters is 2. The lowest BCUT2D eigenvalue weighted by molar-refractivity contribution is -0.161. The molecule has 0 radical (unpaired) electrons. The minimum Gasteiger partial charge on any atom is -0.437 e. The molecular formula is C33H44F2N10O13P2. The summed E-state index contributed by atoms with van der Waals surface area (Å²) < 4.78 is 116. The Labute approximate surface area is 340 Å². The highest BCUT2D eigenvalue weighted by atomic mass is 31.2. The van der Waals surface area contributed by atoms with Crippen molar-refractivity contribution in [1.29, 1.82) is 0 Å². The van der Waals surface area contributed by atoms with Crippen LogP contribution in [0.2, 0.25) is 0 Å². The van der Waals surface area contributed by atoms with Crippen LogP contribution in [0, 0.1) is 16.7 Å². The van der Waals surface area contributed by atoms with Gasteiger partial charge in [0, 0.05) is 5.92 Å². The fraction of sp³-hybridized carbons (Fsp3) is 0.636. The third kappa shape index (κ3) is 8.86. The largest absolute Gasteiger partial charge is 0.478 e. The second-order valence-electron chi connectivity index (χ2n) is 16.2. The van der Waals surface area contributed by atoms with Crippen LogP contribution in [-0.2, 0) is 60.1 Å². The average molecular weight is 889 g/mol. The third-order valence-electron chi connectivity index (χ3n) is 9.73. The van der Waals surface area contributed by atoms with Gasteiger partial charge in [0.25, 0.3) is 0 Å². The van der Waals surface area contributed by atoms with Crippen molar-refractivity contribution in [3.05, 3.63) is 25.3 Å². The number of alkyl halides is 2. The molecule has 23 nitrogen and oxygen atoms in total. The van der Waals surface area contributed by atoms with Crippen molar-refractivity contribution >= 4 is 61.5 Å². The van der Waals surface area contributed by atoms with E-state index in [1.54, 1.807) is 41.5 Å². The Morgan fingerprint density at radius 1 is 0.750 bits per heavy atom. The van der Waals surface area contributed by atoms with E-state index in [0.717, 1.165) is 12.7 Å². The molecule has 4 aromatic rings. The predicted molar refractivity (Wildman–Crippen MR) is 200 cm³/mol. The number of aromatic nitrogens is 8. The molecule has 4 unspecified atom stereocenters. The van der Waals surface area contributed by atoms with Gasteiger partial charge in [0.1, 0.15) is 48.2 Å². The molecule has 0 aromatic carbocycles. The van der Waals surface area contributed by atoms with Crippen LogP contribution in [0.1, 0.15) is 60.2 Å². The lowest BCUT2D eigenvalue weighted by Gasteiger charge is -2.30. The smallest absolute Gasteiger partial charge is 0.437 e. The van der Waals surface area contributed by atoms with Gasteiger partial charge in [0.2, 0.25) is 13.6 Å². The first-order chi connectivity index (χ1) is 28.2. The molecule has 27 heteroatoms. The second-order valence-corrected chi connectivity index (χ2v) is 19.4. The molecule has 6 heterocycles. The van der Waals surface area contributed by atoms with Crippen LogP contribution in [-0.4, -0.2) is 108 Å². The number of anilines is 2. The van der Waals surface area contributed by atoms with Crippen molar-refractivity contribution in [1.82, 2.24) is 39.0 Å². The number of halogens is 2. The first-order valence-corrected chi connectivity index (χ1v) is 21.4. The molecule has 10 atom stereocenters. The lowest BCUT2D eigenvalue weighted by Crippen LogP contribution is -2.36. The molecule has 1 saturated carbocycles. The van der Waals surface area contributed by atoms with Gasteiger partial charge < -0.3 is 30.2 Å². The van der Waals surface area contributed by atoms with E-state index in [-0.39, 0.29) is 40.4 Å². The molecule has 7 rings (SSSR count). The number of carbonyl (C=O) groups excluding carboxylic acids is 2. The fourth-order valence-electron chi connectivity index (χ4n) is 6.54. The summed E-state index contributed by atoms with van der Waals surface area (Å²) in [7, 11) is -10.1. The van der Waals surface area contributed by atoms with E-state index in [0.29, 0.717) is 0 Å². The number of carbonyl (C=O) groups is 2. The van der Waals surface area contributed by atoms with Crippen LogP contribution in [0.4, 0.5) is 20.4 Å². The number of imidazole rings is 2. The molecular weight excluding hydrogens is 844 g/mol. The van der Waals surface area contributed by atoms with Gasteiger partial charge in [-0.05, 0) is 48.0 Å². The summed E-state index contributed by atoms with van der Waals surface area (Å²) in [4.78, 5) is 49.6. The molecule has 4 aromatic heterocycles. The van der Waals surface area contributed by atoms with Gasteiger partial charge in [-0.15, -0.1) is 0 Å². The summed E-state index contributed by atoms with van der Waals surface area (Å²) >= 11 is 0. The topological polar surface area (TPSA) is 291 Å². The summed E-state index contributed by atoms with van der Waals surface area (Å²) in [5, 5.41) is 0. The molecule has 2 saturated heterocycles. The standard InChI is InChI=1S/C33H44F2N10O13P2/c1-32(2,3)30(46)50-14-54-59(48)52-8-16-7-17(44-12-42-21-25(36)38-10-40-27(21)44)19(34)23(16)57-60(49,55-15-51-31(47)33(4,5)6)53-9-18-24(58-59)20(35)29(56-18)45-13-43-22-26(37)39-11-41-28(22)45/h10-13,16-20,23-24,29H,7-9,14-15H2,1-6H3,(H2,36,38,40)(H2,37,39,41)/t16-,17-,18-,19?,20+,23+,24?,29-,59?,60?/m1/s1. The van der Waals surface area contributed by atoms with Gasteiger partial charge in [-0.1, -0.05) is 0 Å². The first kappa shape index (κ1) is 43.8. The molecule has 2 aliphatic heterocycles. The van der Waals surface area contributed by atoms with Gasteiger partial charge in [0.05, 0.1) is 42.7 Å². The maximum absolute atomic E-state index is 16.9. The minimum atomic E-state index is -5.03. The molecule has 3 fully saturated rings. The van der Waals surface area contributed by atoms with Crippen LogP contribution in [0.15, 0.2) is 25.3 Å². The monoisotopic (exact) mass is 888 g/mol. The van der Waals surface area contributed by atoms with Crippen LogP contribution >= 0.6 is 15.6 Å². The normalized spacial score (nSPS) is 31.6. The van der Waals surface area contributed by atoms with Gasteiger partial charge in [0.15, 0.2) is 35.3 Å². The molecule has 0 spiro atoms. The first-order valence-electron chi connectivity index (χ1n) is 18.5. The molecule has 0 amide bonds. The Bertz CT molecular complexity index is 2180. The third-order valence-corrected chi connectivity index (χ3v) is 12.5. The van der Waals surface area contributed by atoms with Gasteiger partial charge in [-0.25, -0.2) is 56.9 Å². The van der Waals surface area contributed by atoms with E-state index in [9.17, 15) is 18.7 Å². The molecule has 328 valence electrons.